The second-order valence-electron chi connectivity index (χ2n) is 2.39. The highest BCUT2D eigenvalue weighted by atomic mass is 16.5. The number of methoxy groups -OCH3 is 2. The van der Waals surface area contributed by atoms with E-state index in [0.29, 0.717) is 0 Å². The number of aryl methyl sites for hydroxylation is 1. The highest BCUT2D eigenvalue weighted by molar-refractivity contribution is 6.00. The van der Waals surface area contributed by atoms with E-state index in [0.717, 1.165) is 4.68 Å². The van der Waals surface area contributed by atoms with Crippen molar-refractivity contribution in [1.82, 2.24) is 15.0 Å². The summed E-state index contributed by atoms with van der Waals surface area (Å²) in [5, 5.41) is 7.01. The lowest BCUT2D eigenvalue weighted by Crippen LogP contribution is -2.14. The van der Waals surface area contributed by atoms with Gasteiger partial charge in [-0.1, -0.05) is 5.21 Å². The van der Waals surface area contributed by atoms with Gasteiger partial charge in [-0.15, -0.1) is 5.10 Å². The quantitative estimate of drug-likeness (QED) is 0.591. The van der Waals surface area contributed by atoms with Gasteiger partial charge in [0.15, 0.2) is 5.69 Å². The number of ether oxygens (including phenoxy) is 2. The summed E-state index contributed by atoms with van der Waals surface area (Å²) in [4.78, 5) is 22.3. The van der Waals surface area contributed by atoms with Gasteiger partial charge in [-0.25, -0.2) is 14.3 Å². The Balaban J connectivity index is 3.19. The molecule has 7 heteroatoms. The first-order valence-electron chi connectivity index (χ1n) is 3.68. The van der Waals surface area contributed by atoms with Gasteiger partial charge in [0.25, 0.3) is 0 Å². The van der Waals surface area contributed by atoms with Crippen LogP contribution in [0.15, 0.2) is 0 Å². The van der Waals surface area contributed by atoms with Crippen LogP contribution in [0, 0.1) is 0 Å². The summed E-state index contributed by atoms with van der Waals surface area (Å²) in [6.45, 7) is 0. The van der Waals surface area contributed by atoms with Gasteiger partial charge in [-0.05, 0) is 0 Å². The van der Waals surface area contributed by atoms with Crippen LogP contribution >= 0.6 is 0 Å². The largest absolute Gasteiger partial charge is 0.464 e. The van der Waals surface area contributed by atoms with Crippen LogP contribution in [0.25, 0.3) is 0 Å². The van der Waals surface area contributed by atoms with E-state index in [1.807, 2.05) is 0 Å². The zero-order chi connectivity index (χ0) is 10.7. The maximum absolute atomic E-state index is 11.2. The van der Waals surface area contributed by atoms with Crippen LogP contribution in [0.4, 0.5) is 0 Å². The van der Waals surface area contributed by atoms with Gasteiger partial charge in [-0.2, -0.15) is 0 Å². The number of carbonyl (C=O) groups is 2. The molecule has 0 saturated heterocycles. The summed E-state index contributed by atoms with van der Waals surface area (Å²) in [5.41, 5.74) is -0.179. The minimum Gasteiger partial charge on any atom is -0.464 e. The average molecular weight is 199 g/mol. The molecule has 7 nitrogen and oxygen atoms in total. The third-order valence-electron chi connectivity index (χ3n) is 1.58. The lowest BCUT2D eigenvalue weighted by atomic mass is 10.3. The van der Waals surface area contributed by atoms with E-state index < -0.39 is 11.9 Å². The summed E-state index contributed by atoms with van der Waals surface area (Å²) >= 11 is 0. The van der Waals surface area contributed by atoms with E-state index in [4.69, 9.17) is 0 Å². The molecule has 0 N–H and O–H groups in total. The van der Waals surface area contributed by atoms with E-state index in [1.165, 1.54) is 21.3 Å². The lowest BCUT2D eigenvalue weighted by Gasteiger charge is -2.00. The first kappa shape index (κ1) is 10.2. The van der Waals surface area contributed by atoms with Crippen molar-refractivity contribution >= 4 is 11.9 Å². The minimum atomic E-state index is -0.724. The molecule has 0 aliphatic heterocycles. The molecule has 0 amide bonds. The number of esters is 2. The number of carbonyl (C=O) groups excluding carboxylic acids is 2. The van der Waals surface area contributed by atoms with Gasteiger partial charge in [0.2, 0.25) is 5.69 Å². The molecule has 0 aliphatic carbocycles. The maximum atomic E-state index is 11.2. The predicted octanol–water partition coefficient (Wildman–Crippen LogP) is -0.612. The van der Waals surface area contributed by atoms with Gasteiger partial charge >= 0.3 is 11.9 Å². The van der Waals surface area contributed by atoms with Crippen LogP contribution in [0.1, 0.15) is 21.0 Å². The SMILES string of the molecule is COC(=O)c1nnn(C)c1C(=O)OC. The first-order valence-corrected chi connectivity index (χ1v) is 3.68. The molecule has 0 fully saturated rings. The Labute approximate surface area is 79.6 Å². The Morgan fingerprint density at radius 2 is 1.79 bits per heavy atom. The fourth-order valence-electron chi connectivity index (χ4n) is 0.917. The molecule has 1 heterocycles. The van der Waals surface area contributed by atoms with E-state index in [9.17, 15) is 9.59 Å². The molecule has 0 radical (unpaired) electrons. The standard InChI is InChI=1S/C7H9N3O4/c1-10-5(7(12)14-3)4(8-9-10)6(11)13-2/h1-3H3. The lowest BCUT2D eigenvalue weighted by molar-refractivity contribution is 0.0544. The summed E-state index contributed by atoms with van der Waals surface area (Å²) < 4.78 is 10.0. The highest BCUT2D eigenvalue weighted by Gasteiger charge is 2.25. The van der Waals surface area contributed by atoms with Crippen molar-refractivity contribution in [2.75, 3.05) is 14.2 Å². The Bertz CT molecular complexity index is 371. The zero-order valence-electron chi connectivity index (χ0n) is 7.97. The summed E-state index contributed by atoms with van der Waals surface area (Å²) in [6, 6.07) is 0. The van der Waals surface area contributed by atoms with Crippen molar-refractivity contribution < 1.29 is 19.1 Å². The van der Waals surface area contributed by atoms with Crippen molar-refractivity contribution in [3.63, 3.8) is 0 Å². The molecule has 1 rings (SSSR count). The third-order valence-corrected chi connectivity index (χ3v) is 1.58. The topological polar surface area (TPSA) is 83.3 Å². The van der Waals surface area contributed by atoms with Crippen molar-refractivity contribution in [1.29, 1.82) is 0 Å². The van der Waals surface area contributed by atoms with E-state index >= 15 is 0 Å². The summed E-state index contributed by atoms with van der Waals surface area (Å²) in [7, 11) is 3.88. The van der Waals surface area contributed by atoms with Gasteiger partial charge < -0.3 is 9.47 Å². The van der Waals surface area contributed by atoms with Gasteiger partial charge in [0.05, 0.1) is 14.2 Å². The van der Waals surface area contributed by atoms with Crippen molar-refractivity contribution in [2.24, 2.45) is 7.05 Å². The smallest absolute Gasteiger partial charge is 0.361 e. The Morgan fingerprint density at radius 3 is 2.29 bits per heavy atom. The molecule has 0 unspecified atom stereocenters. The second kappa shape index (κ2) is 3.86. The molecule has 0 aromatic carbocycles. The minimum absolute atomic E-state index is 0.0284. The molecule has 0 spiro atoms. The van der Waals surface area contributed by atoms with Crippen LogP contribution in [-0.4, -0.2) is 41.2 Å². The average Bonchev–Trinajstić information content (AvgIpc) is 2.58. The van der Waals surface area contributed by atoms with Crippen molar-refractivity contribution in [2.45, 2.75) is 0 Å². The van der Waals surface area contributed by atoms with Crippen molar-refractivity contribution in [3.8, 4) is 0 Å². The first-order chi connectivity index (χ1) is 6.61. The third kappa shape index (κ3) is 1.56. The summed E-state index contributed by atoms with van der Waals surface area (Å²) in [6.07, 6.45) is 0. The Kier molecular flexibility index (Phi) is 2.80. The number of nitrogens with zero attached hydrogens (tertiary/aromatic N) is 3. The molecule has 0 aliphatic rings. The van der Waals surface area contributed by atoms with Crippen LogP contribution in [-0.2, 0) is 16.5 Å². The molecule has 1 aromatic rings. The summed E-state index contributed by atoms with van der Waals surface area (Å²) in [5.74, 6) is -1.41. The zero-order valence-corrected chi connectivity index (χ0v) is 7.97. The van der Waals surface area contributed by atoms with Gasteiger partial charge in [-0.3, -0.25) is 0 Å². The molecular formula is C7H9N3O4. The number of hydrogen-bond acceptors (Lipinski definition) is 6. The molecule has 76 valence electrons. The fraction of sp³-hybridized carbons (Fsp3) is 0.429. The molecule has 0 atom stereocenters. The highest BCUT2D eigenvalue weighted by Crippen LogP contribution is 2.06. The Hall–Kier alpha value is -1.92. The second-order valence-corrected chi connectivity index (χ2v) is 2.39. The van der Waals surface area contributed by atoms with Crippen LogP contribution < -0.4 is 0 Å². The van der Waals surface area contributed by atoms with Crippen LogP contribution in [0.5, 0.6) is 0 Å². The molecule has 0 saturated carbocycles. The number of hydrogen-bond donors (Lipinski definition) is 0. The van der Waals surface area contributed by atoms with Crippen molar-refractivity contribution in [3.05, 3.63) is 11.4 Å². The maximum Gasteiger partial charge on any atom is 0.361 e. The van der Waals surface area contributed by atoms with Crippen LogP contribution in [0.2, 0.25) is 0 Å². The molecule has 0 bridgehead atoms. The molecule has 1 aromatic heterocycles. The predicted molar refractivity (Wildman–Crippen MR) is 43.7 cm³/mol. The molecular weight excluding hydrogens is 190 g/mol. The molecule has 14 heavy (non-hydrogen) atoms. The number of rotatable bonds is 2. The van der Waals surface area contributed by atoms with E-state index in [-0.39, 0.29) is 11.4 Å². The van der Waals surface area contributed by atoms with Gasteiger partial charge in [0.1, 0.15) is 0 Å². The number of aromatic nitrogens is 3. The van der Waals surface area contributed by atoms with Crippen LogP contribution in [0.3, 0.4) is 0 Å². The monoisotopic (exact) mass is 199 g/mol. The van der Waals surface area contributed by atoms with Gasteiger partial charge in [0, 0.05) is 7.05 Å². The van der Waals surface area contributed by atoms with E-state index in [2.05, 4.69) is 19.8 Å². The Morgan fingerprint density at radius 1 is 1.21 bits per heavy atom. The normalized spacial score (nSPS) is 9.64. The van der Waals surface area contributed by atoms with E-state index in [1.54, 1.807) is 0 Å². The fourth-order valence-corrected chi connectivity index (χ4v) is 0.917.